The summed E-state index contributed by atoms with van der Waals surface area (Å²) in [6, 6.07) is 6.52. The molecule has 0 spiro atoms. The number of aliphatic imine (C=N–C) groups is 1. The number of nitrogens with one attached hydrogen (secondary N) is 1. The van der Waals surface area contributed by atoms with Crippen LogP contribution in [0.2, 0.25) is 0 Å². The van der Waals surface area contributed by atoms with Gasteiger partial charge < -0.3 is 11.1 Å². The van der Waals surface area contributed by atoms with Crippen LogP contribution in [0.3, 0.4) is 0 Å². The number of hydrogen-bond acceptors (Lipinski definition) is 3. The number of rotatable bonds is 2. The van der Waals surface area contributed by atoms with Gasteiger partial charge in [-0.15, -0.1) is 0 Å². The number of carbonyl (C=O) groups excluding carboxylic acids is 1. The number of nitrogens with zero attached hydrogens (tertiary/aromatic N) is 1. The fourth-order valence-electron chi connectivity index (χ4n) is 3.46. The maximum atomic E-state index is 13.2. The van der Waals surface area contributed by atoms with Crippen molar-refractivity contribution in [3.8, 4) is 0 Å². The van der Waals surface area contributed by atoms with Crippen LogP contribution in [0.15, 0.2) is 40.5 Å². The lowest BCUT2D eigenvalue weighted by Gasteiger charge is -2.29. The molecule has 0 aromatic heterocycles. The molecule has 3 N–H and O–H groups in total. The van der Waals surface area contributed by atoms with Crippen LogP contribution in [0.1, 0.15) is 50.5 Å². The molecular weight excluding hydrogens is 293 g/mol. The lowest BCUT2D eigenvalue weighted by Crippen LogP contribution is -2.41. The summed E-state index contributed by atoms with van der Waals surface area (Å²) in [5.41, 5.74) is 8.51. The van der Waals surface area contributed by atoms with Crippen molar-refractivity contribution in [1.82, 2.24) is 5.32 Å². The maximum absolute atomic E-state index is 13.2. The van der Waals surface area contributed by atoms with Crippen LogP contribution in [0.25, 0.3) is 0 Å². The first kappa shape index (κ1) is 15.7. The van der Waals surface area contributed by atoms with Gasteiger partial charge in [-0.3, -0.25) is 9.79 Å². The molecule has 0 radical (unpaired) electrons. The second-order valence-electron chi connectivity index (χ2n) is 6.37. The summed E-state index contributed by atoms with van der Waals surface area (Å²) in [4.78, 5) is 16.9. The normalized spacial score (nSPS) is 26.4. The van der Waals surface area contributed by atoms with E-state index in [0.717, 1.165) is 24.0 Å². The zero-order chi connectivity index (χ0) is 16.4. The standard InChI is InChI=1S/C18H22FN3O/c1-11(20)17-15(12-6-8-13(19)9-7-12)10-16(23)22-18(17)21-14-4-2-3-5-14/h6-9,14-15H,2-5,10,20H2,1H3,(H,21,22,23)/b17-11-. The number of amides is 1. The molecule has 1 saturated heterocycles. The van der Waals surface area contributed by atoms with E-state index in [-0.39, 0.29) is 23.7 Å². The number of benzene rings is 1. The van der Waals surface area contributed by atoms with Crippen LogP contribution >= 0.6 is 0 Å². The van der Waals surface area contributed by atoms with Crippen LogP contribution in [-0.2, 0) is 4.79 Å². The Morgan fingerprint density at radius 3 is 2.52 bits per heavy atom. The lowest BCUT2D eigenvalue weighted by atomic mass is 9.83. The third-order valence-electron chi connectivity index (χ3n) is 4.58. The highest BCUT2D eigenvalue weighted by molar-refractivity contribution is 6.12. The van der Waals surface area contributed by atoms with Gasteiger partial charge in [0.1, 0.15) is 11.7 Å². The van der Waals surface area contributed by atoms with Crippen molar-refractivity contribution in [2.24, 2.45) is 10.7 Å². The molecule has 1 amide bonds. The Hall–Kier alpha value is -2.17. The van der Waals surface area contributed by atoms with Crippen molar-refractivity contribution in [2.45, 2.75) is 51.0 Å². The van der Waals surface area contributed by atoms with Crippen LogP contribution in [0.5, 0.6) is 0 Å². The number of allylic oxidation sites excluding steroid dienone is 1. The molecule has 23 heavy (non-hydrogen) atoms. The van der Waals surface area contributed by atoms with E-state index in [2.05, 4.69) is 5.32 Å². The van der Waals surface area contributed by atoms with Gasteiger partial charge in [0.25, 0.3) is 0 Å². The second-order valence-corrected chi connectivity index (χ2v) is 6.37. The Balaban J connectivity index is 1.99. The van der Waals surface area contributed by atoms with E-state index in [0.29, 0.717) is 18.0 Å². The molecule has 1 heterocycles. The van der Waals surface area contributed by atoms with Crippen molar-refractivity contribution in [1.29, 1.82) is 0 Å². The van der Waals surface area contributed by atoms with Gasteiger partial charge in [-0.1, -0.05) is 25.0 Å². The predicted molar refractivity (Wildman–Crippen MR) is 88.5 cm³/mol. The first-order valence-electron chi connectivity index (χ1n) is 8.14. The average molecular weight is 315 g/mol. The van der Waals surface area contributed by atoms with E-state index in [9.17, 15) is 9.18 Å². The Morgan fingerprint density at radius 1 is 1.26 bits per heavy atom. The van der Waals surface area contributed by atoms with E-state index in [4.69, 9.17) is 10.7 Å². The summed E-state index contributed by atoms with van der Waals surface area (Å²) in [6.45, 7) is 1.83. The molecule has 1 unspecified atom stereocenters. The predicted octanol–water partition coefficient (Wildman–Crippen LogP) is 3.00. The fraction of sp³-hybridized carbons (Fsp3) is 0.444. The van der Waals surface area contributed by atoms with E-state index in [1.54, 1.807) is 12.1 Å². The minimum atomic E-state index is -0.288. The van der Waals surface area contributed by atoms with Gasteiger partial charge in [0.2, 0.25) is 5.91 Å². The molecule has 122 valence electrons. The van der Waals surface area contributed by atoms with Gasteiger partial charge in [-0.2, -0.15) is 0 Å². The maximum Gasteiger partial charge on any atom is 0.226 e. The van der Waals surface area contributed by atoms with Gasteiger partial charge in [-0.05, 0) is 37.5 Å². The lowest BCUT2D eigenvalue weighted by molar-refractivity contribution is -0.120. The van der Waals surface area contributed by atoms with Crippen LogP contribution in [-0.4, -0.2) is 17.8 Å². The minimum absolute atomic E-state index is 0.0685. The molecule has 4 nitrogen and oxygen atoms in total. The molecule has 0 bridgehead atoms. The summed E-state index contributed by atoms with van der Waals surface area (Å²) >= 11 is 0. The van der Waals surface area contributed by atoms with Crippen molar-refractivity contribution < 1.29 is 9.18 Å². The van der Waals surface area contributed by atoms with Gasteiger partial charge >= 0.3 is 0 Å². The van der Waals surface area contributed by atoms with E-state index in [1.165, 1.54) is 25.0 Å². The second kappa shape index (κ2) is 6.52. The first-order valence-corrected chi connectivity index (χ1v) is 8.14. The van der Waals surface area contributed by atoms with Crippen molar-refractivity contribution >= 4 is 11.7 Å². The summed E-state index contributed by atoms with van der Waals surface area (Å²) in [5.74, 6) is 0.0712. The third-order valence-corrected chi connectivity index (χ3v) is 4.58. The minimum Gasteiger partial charge on any atom is -0.402 e. The number of piperidine rings is 1. The molecule has 1 aliphatic carbocycles. The Kier molecular flexibility index (Phi) is 4.46. The molecule has 1 aromatic rings. The largest absolute Gasteiger partial charge is 0.402 e. The zero-order valence-corrected chi connectivity index (χ0v) is 13.3. The Morgan fingerprint density at radius 2 is 1.91 bits per heavy atom. The molecular formula is C18H22FN3O. The van der Waals surface area contributed by atoms with Crippen molar-refractivity contribution in [3.05, 3.63) is 46.9 Å². The monoisotopic (exact) mass is 315 g/mol. The molecule has 3 rings (SSSR count). The summed E-state index contributed by atoms with van der Waals surface area (Å²) in [6.07, 6.45) is 4.77. The average Bonchev–Trinajstić information content (AvgIpc) is 3.00. The molecule has 2 fully saturated rings. The van der Waals surface area contributed by atoms with Crippen LogP contribution in [0, 0.1) is 5.82 Å². The Labute approximate surface area is 135 Å². The van der Waals surface area contributed by atoms with Gasteiger partial charge in [-0.25, -0.2) is 4.39 Å². The number of amidine groups is 1. The quantitative estimate of drug-likeness (QED) is 0.881. The topological polar surface area (TPSA) is 67.5 Å². The summed E-state index contributed by atoms with van der Waals surface area (Å²) in [5, 5.41) is 2.88. The molecule has 1 aromatic carbocycles. The highest BCUT2D eigenvalue weighted by Gasteiger charge is 2.32. The van der Waals surface area contributed by atoms with Crippen molar-refractivity contribution in [2.75, 3.05) is 0 Å². The smallest absolute Gasteiger partial charge is 0.226 e. The number of halogens is 1. The van der Waals surface area contributed by atoms with Gasteiger partial charge in [0.15, 0.2) is 0 Å². The third kappa shape index (κ3) is 3.44. The Bertz CT molecular complexity index is 653. The highest BCUT2D eigenvalue weighted by atomic mass is 19.1. The SMILES string of the molecule is C/C(N)=C1/C(=NC2CCCC2)NC(=O)CC1c1ccc(F)cc1. The van der Waals surface area contributed by atoms with E-state index < -0.39 is 0 Å². The molecule has 2 aliphatic rings. The summed E-state index contributed by atoms with van der Waals surface area (Å²) in [7, 11) is 0. The van der Waals surface area contributed by atoms with Gasteiger partial charge in [0, 0.05) is 23.6 Å². The first-order chi connectivity index (χ1) is 11.0. The number of hydrogen-bond donors (Lipinski definition) is 2. The number of nitrogens with two attached hydrogens (primary N) is 1. The molecule has 1 saturated carbocycles. The van der Waals surface area contributed by atoms with Crippen LogP contribution < -0.4 is 11.1 Å². The van der Waals surface area contributed by atoms with Gasteiger partial charge in [0.05, 0.1) is 6.04 Å². The van der Waals surface area contributed by atoms with Crippen molar-refractivity contribution in [3.63, 3.8) is 0 Å². The zero-order valence-electron chi connectivity index (χ0n) is 13.3. The fourth-order valence-corrected chi connectivity index (χ4v) is 3.46. The summed E-state index contributed by atoms with van der Waals surface area (Å²) < 4.78 is 13.2. The number of carbonyl (C=O) groups is 1. The molecule has 5 heteroatoms. The highest BCUT2D eigenvalue weighted by Crippen LogP contribution is 2.33. The van der Waals surface area contributed by atoms with Crippen LogP contribution in [0.4, 0.5) is 4.39 Å². The van der Waals surface area contributed by atoms with E-state index >= 15 is 0 Å². The molecule has 1 atom stereocenters. The molecule has 1 aliphatic heterocycles. The van der Waals surface area contributed by atoms with E-state index in [1.807, 2.05) is 6.92 Å².